The van der Waals surface area contributed by atoms with E-state index in [1.165, 1.54) is 11.3 Å². The van der Waals surface area contributed by atoms with Gasteiger partial charge in [-0.15, -0.1) is 0 Å². The summed E-state index contributed by atoms with van der Waals surface area (Å²) in [6.45, 7) is 6.98. The number of fused-ring (bicyclic) bond motifs is 3. The van der Waals surface area contributed by atoms with Crippen LogP contribution in [0.15, 0.2) is 16.7 Å². The Bertz CT molecular complexity index is 761. The molecule has 0 fully saturated rings. The Kier molecular flexibility index (Phi) is 4.12. The lowest BCUT2D eigenvalue weighted by molar-refractivity contribution is 0.0237. The normalized spacial score (nSPS) is 15.4. The van der Waals surface area contributed by atoms with Crippen molar-refractivity contribution in [2.24, 2.45) is 7.05 Å². The molecule has 0 atom stereocenters. The van der Waals surface area contributed by atoms with Crippen molar-refractivity contribution in [3.63, 3.8) is 0 Å². The van der Waals surface area contributed by atoms with Crippen LogP contribution in [-0.2, 0) is 24.8 Å². The lowest BCUT2D eigenvalue weighted by atomic mass is 10.1. The molecule has 0 bridgehead atoms. The summed E-state index contributed by atoms with van der Waals surface area (Å²) in [5.41, 5.74) is 2.93. The third-order valence-electron chi connectivity index (χ3n) is 4.08. The van der Waals surface area contributed by atoms with Crippen molar-refractivity contribution in [1.29, 1.82) is 0 Å². The van der Waals surface area contributed by atoms with Crippen LogP contribution in [0.25, 0.3) is 11.0 Å². The highest BCUT2D eigenvalue weighted by atomic mass is 79.9. The summed E-state index contributed by atoms with van der Waals surface area (Å²) in [4.78, 5) is 18.8. The zero-order chi connectivity index (χ0) is 16.8. The van der Waals surface area contributed by atoms with Crippen molar-refractivity contribution in [1.82, 2.24) is 14.5 Å². The summed E-state index contributed by atoms with van der Waals surface area (Å²) in [7, 11) is 2.05. The molecule has 6 heteroatoms. The molecule has 0 N–H and O–H groups in total. The van der Waals surface area contributed by atoms with Gasteiger partial charge in [-0.3, -0.25) is 0 Å². The highest BCUT2D eigenvalue weighted by Crippen LogP contribution is 2.30. The fourth-order valence-electron chi connectivity index (χ4n) is 3.09. The van der Waals surface area contributed by atoms with Crippen LogP contribution in [0.3, 0.4) is 0 Å². The first-order chi connectivity index (χ1) is 10.8. The molecule has 1 amide bonds. The predicted octanol–water partition coefficient (Wildman–Crippen LogP) is 4.02. The van der Waals surface area contributed by atoms with E-state index in [2.05, 4.69) is 31.5 Å². The van der Waals surface area contributed by atoms with E-state index in [4.69, 9.17) is 4.74 Å². The highest BCUT2D eigenvalue weighted by molar-refractivity contribution is 9.10. The Hall–Kier alpha value is -1.56. The molecule has 3 heterocycles. The van der Waals surface area contributed by atoms with Gasteiger partial charge in [-0.1, -0.05) is 0 Å². The Morgan fingerprint density at radius 1 is 1.35 bits per heavy atom. The molecule has 1 aliphatic rings. The number of hydrogen-bond donors (Lipinski definition) is 0. The van der Waals surface area contributed by atoms with Gasteiger partial charge in [-0.2, -0.15) is 0 Å². The maximum Gasteiger partial charge on any atom is 0.410 e. The number of halogens is 1. The first-order valence-corrected chi connectivity index (χ1v) is 8.66. The second-order valence-corrected chi connectivity index (χ2v) is 7.81. The Labute approximate surface area is 144 Å². The molecule has 2 aromatic rings. The van der Waals surface area contributed by atoms with E-state index in [1.807, 2.05) is 33.9 Å². The number of aromatic nitrogens is 2. The van der Waals surface area contributed by atoms with Crippen molar-refractivity contribution in [3.05, 3.63) is 28.0 Å². The van der Waals surface area contributed by atoms with Gasteiger partial charge in [0.2, 0.25) is 0 Å². The topological polar surface area (TPSA) is 47.4 Å². The largest absolute Gasteiger partial charge is 0.444 e. The lowest BCUT2D eigenvalue weighted by Gasteiger charge is -2.26. The first kappa shape index (κ1) is 16.3. The van der Waals surface area contributed by atoms with Crippen LogP contribution < -0.4 is 0 Å². The average Bonchev–Trinajstić information content (AvgIpc) is 2.63. The molecule has 23 heavy (non-hydrogen) atoms. The van der Waals surface area contributed by atoms with Gasteiger partial charge < -0.3 is 14.2 Å². The molecule has 0 saturated heterocycles. The van der Waals surface area contributed by atoms with Crippen LogP contribution in [0.5, 0.6) is 0 Å². The number of hydrogen-bond acceptors (Lipinski definition) is 3. The zero-order valence-electron chi connectivity index (χ0n) is 14.0. The van der Waals surface area contributed by atoms with Crippen LogP contribution in [0.1, 0.15) is 38.4 Å². The number of rotatable bonds is 0. The standard InChI is InChI=1S/C17H22BrN3O2/c1-17(2,3)23-16(22)21-9-5-6-13-12(10-21)11-7-8-14(18)19-15(11)20(13)4/h7-8H,5-6,9-10H2,1-4H3. The van der Waals surface area contributed by atoms with Crippen molar-refractivity contribution >= 4 is 33.1 Å². The fraction of sp³-hybridized carbons (Fsp3) is 0.529. The van der Waals surface area contributed by atoms with Gasteiger partial charge in [0.15, 0.2) is 0 Å². The molecule has 0 spiro atoms. The van der Waals surface area contributed by atoms with Crippen molar-refractivity contribution < 1.29 is 9.53 Å². The van der Waals surface area contributed by atoms with Gasteiger partial charge in [0.1, 0.15) is 15.9 Å². The third-order valence-corrected chi connectivity index (χ3v) is 4.52. The average molecular weight is 380 g/mol. The van der Waals surface area contributed by atoms with Crippen molar-refractivity contribution in [2.45, 2.75) is 45.8 Å². The van der Waals surface area contributed by atoms with Gasteiger partial charge in [-0.05, 0) is 61.7 Å². The number of pyridine rings is 1. The Morgan fingerprint density at radius 3 is 2.78 bits per heavy atom. The second kappa shape index (κ2) is 5.82. The monoisotopic (exact) mass is 379 g/mol. The zero-order valence-corrected chi connectivity index (χ0v) is 15.6. The minimum Gasteiger partial charge on any atom is -0.444 e. The molecule has 1 aliphatic heterocycles. The van der Waals surface area contributed by atoms with Crippen molar-refractivity contribution in [2.75, 3.05) is 6.54 Å². The Morgan fingerprint density at radius 2 is 2.09 bits per heavy atom. The summed E-state index contributed by atoms with van der Waals surface area (Å²) < 4.78 is 8.51. The van der Waals surface area contributed by atoms with E-state index in [0.717, 1.165) is 35.0 Å². The Balaban J connectivity index is 1.98. The van der Waals surface area contributed by atoms with Crippen LogP contribution in [-0.4, -0.2) is 32.7 Å². The molecule has 5 nitrogen and oxygen atoms in total. The smallest absolute Gasteiger partial charge is 0.410 e. The van der Waals surface area contributed by atoms with E-state index >= 15 is 0 Å². The molecule has 0 aromatic carbocycles. The van der Waals surface area contributed by atoms with Crippen LogP contribution >= 0.6 is 15.9 Å². The first-order valence-electron chi connectivity index (χ1n) is 7.87. The molecule has 0 radical (unpaired) electrons. The second-order valence-electron chi connectivity index (χ2n) is 6.99. The molecular formula is C17H22BrN3O2. The van der Waals surface area contributed by atoms with E-state index in [1.54, 1.807) is 4.90 Å². The van der Waals surface area contributed by atoms with Gasteiger partial charge in [0.25, 0.3) is 0 Å². The SMILES string of the molecule is Cn1c2c(c3ccc(Br)nc31)CN(C(=O)OC(C)(C)C)CCC2. The summed E-state index contributed by atoms with van der Waals surface area (Å²) in [6.07, 6.45) is 1.63. The molecule has 2 aromatic heterocycles. The number of amides is 1. The maximum atomic E-state index is 12.4. The fourth-order valence-corrected chi connectivity index (χ4v) is 3.39. The molecule has 0 aliphatic carbocycles. The minimum atomic E-state index is -0.475. The predicted molar refractivity (Wildman–Crippen MR) is 93.4 cm³/mol. The van der Waals surface area contributed by atoms with Gasteiger partial charge in [0, 0.05) is 30.2 Å². The third kappa shape index (κ3) is 3.22. The number of aryl methyl sites for hydroxylation is 1. The molecule has 3 rings (SSSR count). The van der Waals surface area contributed by atoms with E-state index in [-0.39, 0.29) is 6.09 Å². The number of carbonyl (C=O) groups is 1. The van der Waals surface area contributed by atoms with Crippen LogP contribution in [0.4, 0.5) is 4.79 Å². The van der Waals surface area contributed by atoms with E-state index in [9.17, 15) is 4.79 Å². The number of nitrogens with zero attached hydrogens (tertiary/aromatic N) is 3. The summed E-state index contributed by atoms with van der Waals surface area (Å²) in [5.74, 6) is 0. The van der Waals surface area contributed by atoms with E-state index in [0.29, 0.717) is 6.54 Å². The summed E-state index contributed by atoms with van der Waals surface area (Å²) in [6, 6.07) is 4.02. The summed E-state index contributed by atoms with van der Waals surface area (Å²) >= 11 is 3.43. The van der Waals surface area contributed by atoms with Gasteiger partial charge in [-0.25, -0.2) is 9.78 Å². The van der Waals surface area contributed by atoms with E-state index < -0.39 is 5.60 Å². The molecular weight excluding hydrogens is 358 g/mol. The summed E-state index contributed by atoms with van der Waals surface area (Å²) in [5, 5.41) is 1.11. The molecule has 124 valence electrons. The number of ether oxygens (including phenoxy) is 1. The number of carbonyl (C=O) groups excluding carboxylic acids is 1. The molecule has 0 unspecified atom stereocenters. The van der Waals surface area contributed by atoms with Crippen LogP contribution in [0, 0.1) is 0 Å². The minimum absolute atomic E-state index is 0.243. The quantitative estimate of drug-likeness (QED) is 0.649. The maximum absolute atomic E-state index is 12.4. The van der Waals surface area contributed by atoms with Crippen molar-refractivity contribution in [3.8, 4) is 0 Å². The molecule has 0 saturated carbocycles. The van der Waals surface area contributed by atoms with Gasteiger partial charge >= 0.3 is 6.09 Å². The van der Waals surface area contributed by atoms with Crippen LogP contribution in [0.2, 0.25) is 0 Å². The highest BCUT2D eigenvalue weighted by Gasteiger charge is 2.27. The van der Waals surface area contributed by atoms with Gasteiger partial charge in [0.05, 0.1) is 6.54 Å². The lowest BCUT2D eigenvalue weighted by Crippen LogP contribution is -2.36.